The van der Waals surface area contributed by atoms with E-state index >= 15 is 0 Å². The van der Waals surface area contributed by atoms with Crippen LogP contribution < -0.4 is 21.7 Å². The lowest BCUT2D eigenvalue weighted by molar-refractivity contribution is -0.139. The van der Waals surface area contributed by atoms with E-state index in [-0.39, 0.29) is 19.0 Å². The number of carboxylic acids is 1. The van der Waals surface area contributed by atoms with Crippen molar-refractivity contribution in [2.45, 2.75) is 25.8 Å². The minimum Gasteiger partial charge on any atom is -0.480 e. The van der Waals surface area contributed by atoms with E-state index in [0.29, 0.717) is 33.9 Å². The molecule has 0 heterocycles. The smallest absolute Gasteiger partial charge is 0.407 e. The minimum absolute atomic E-state index is 0.0437. The zero-order valence-electron chi connectivity index (χ0n) is 17.3. The molecule has 7 N–H and O–H groups in total. The number of carbonyl (C=O) groups excluding carboxylic acids is 2. The Kier molecular flexibility index (Phi) is 8.84. The Morgan fingerprint density at radius 2 is 1.84 bits per heavy atom. The van der Waals surface area contributed by atoms with Crippen molar-refractivity contribution < 1.29 is 24.2 Å². The standard InChI is InChI=1S/C21H24ClN5O5/c1-2-9-32-21(31)27-17(19(29)30)10-12-3-6-14(7-4-12)25-18(28)13-5-8-15(22)16(11-13)26-20(23)24/h3-8,11,17H,2,9-10H2,1H3,(H,25,28)(H,27,31)(H,29,30)(H4,23,24,26)/t17-/m0/s1. The van der Waals surface area contributed by atoms with Crippen molar-refractivity contribution in [2.75, 3.05) is 17.2 Å². The summed E-state index contributed by atoms with van der Waals surface area (Å²) in [6.45, 7) is 2.03. The summed E-state index contributed by atoms with van der Waals surface area (Å²) >= 11 is 6.02. The van der Waals surface area contributed by atoms with Gasteiger partial charge in [0.2, 0.25) is 0 Å². The average Bonchev–Trinajstić information content (AvgIpc) is 2.74. The van der Waals surface area contributed by atoms with Crippen LogP contribution in [0.5, 0.6) is 0 Å². The first-order valence-electron chi connectivity index (χ1n) is 9.66. The predicted molar refractivity (Wildman–Crippen MR) is 121 cm³/mol. The summed E-state index contributed by atoms with van der Waals surface area (Å²) in [6.07, 6.45) is -0.116. The number of aliphatic carboxylic acids is 1. The number of halogens is 1. The molecule has 0 saturated carbocycles. The number of carbonyl (C=O) groups is 3. The second-order valence-electron chi connectivity index (χ2n) is 6.76. The number of hydrogen-bond acceptors (Lipinski definition) is 5. The number of anilines is 2. The molecule has 0 aliphatic rings. The number of alkyl carbamates (subject to hydrolysis) is 1. The Morgan fingerprint density at radius 3 is 2.44 bits per heavy atom. The average molecular weight is 462 g/mol. The molecule has 2 amide bonds. The maximum absolute atomic E-state index is 12.5. The topological polar surface area (TPSA) is 167 Å². The van der Waals surface area contributed by atoms with Gasteiger partial charge < -0.3 is 31.5 Å². The zero-order chi connectivity index (χ0) is 23.7. The van der Waals surface area contributed by atoms with Gasteiger partial charge in [-0.05, 0) is 42.3 Å². The number of nitrogens with two attached hydrogens (primary N) is 1. The highest BCUT2D eigenvalue weighted by atomic mass is 35.5. The van der Waals surface area contributed by atoms with E-state index in [1.807, 2.05) is 6.92 Å². The van der Waals surface area contributed by atoms with Crippen LogP contribution in [0.1, 0.15) is 29.3 Å². The van der Waals surface area contributed by atoms with Crippen molar-refractivity contribution >= 4 is 46.9 Å². The van der Waals surface area contributed by atoms with Crippen LogP contribution in [0.4, 0.5) is 16.2 Å². The summed E-state index contributed by atoms with van der Waals surface area (Å²) in [4.78, 5) is 35.6. The number of carboxylic acid groups (broad SMARTS) is 1. The van der Waals surface area contributed by atoms with Crippen molar-refractivity contribution in [2.24, 2.45) is 5.73 Å². The molecule has 2 aromatic rings. The Morgan fingerprint density at radius 1 is 1.16 bits per heavy atom. The van der Waals surface area contributed by atoms with Crippen LogP contribution in [0.2, 0.25) is 5.02 Å². The molecule has 10 nitrogen and oxygen atoms in total. The first kappa shape index (κ1) is 24.5. The lowest BCUT2D eigenvalue weighted by Crippen LogP contribution is -2.42. The largest absolute Gasteiger partial charge is 0.480 e. The second kappa shape index (κ2) is 11.6. The molecule has 0 aromatic heterocycles. The molecule has 0 fully saturated rings. The van der Waals surface area contributed by atoms with Crippen molar-refractivity contribution in [1.29, 1.82) is 5.41 Å². The van der Waals surface area contributed by atoms with Gasteiger partial charge in [-0.3, -0.25) is 10.2 Å². The molecule has 32 heavy (non-hydrogen) atoms. The maximum Gasteiger partial charge on any atom is 0.407 e. The highest BCUT2D eigenvalue weighted by molar-refractivity contribution is 6.34. The van der Waals surface area contributed by atoms with Gasteiger partial charge in [0.1, 0.15) is 6.04 Å². The fourth-order valence-electron chi connectivity index (χ4n) is 2.65. The molecule has 0 unspecified atom stereocenters. The maximum atomic E-state index is 12.5. The van der Waals surface area contributed by atoms with E-state index in [0.717, 1.165) is 0 Å². The molecule has 11 heteroatoms. The van der Waals surface area contributed by atoms with E-state index in [2.05, 4.69) is 16.0 Å². The van der Waals surface area contributed by atoms with Gasteiger partial charge >= 0.3 is 12.1 Å². The number of guanidine groups is 1. The third-order valence-electron chi connectivity index (χ3n) is 4.18. The molecular formula is C21H24ClN5O5. The molecule has 0 aliphatic heterocycles. The fraction of sp³-hybridized carbons (Fsp3) is 0.238. The summed E-state index contributed by atoms with van der Waals surface area (Å²) in [6, 6.07) is 9.88. The normalized spacial score (nSPS) is 11.2. The number of amides is 2. The summed E-state index contributed by atoms with van der Waals surface area (Å²) in [5.74, 6) is -1.91. The fourth-order valence-corrected chi connectivity index (χ4v) is 2.81. The van der Waals surface area contributed by atoms with Crippen LogP contribution in [0.25, 0.3) is 0 Å². The molecular weight excluding hydrogens is 438 g/mol. The van der Waals surface area contributed by atoms with Gasteiger partial charge in [-0.1, -0.05) is 30.7 Å². The van der Waals surface area contributed by atoms with Crippen LogP contribution in [-0.2, 0) is 16.0 Å². The van der Waals surface area contributed by atoms with Crippen LogP contribution in [0.15, 0.2) is 42.5 Å². The predicted octanol–water partition coefficient (Wildman–Crippen LogP) is 3.03. The SMILES string of the molecule is CCCOC(=O)N[C@@H](Cc1ccc(NC(=O)c2ccc(Cl)c(NC(=N)N)c2)cc1)C(=O)O. The van der Waals surface area contributed by atoms with E-state index in [1.54, 1.807) is 24.3 Å². The van der Waals surface area contributed by atoms with Crippen LogP contribution >= 0.6 is 11.6 Å². The van der Waals surface area contributed by atoms with Crippen molar-refractivity contribution in [3.63, 3.8) is 0 Å². The van der Waals surface area contributed by atoms with Gasteiger partial charge in [0.05, 0.1) is 17.3 Å². The Balaban J connectivity index is 2.02. The Hall–Kier alpha value is -3.79. The summed E-state index contributed by atoms with van der Waals surface area (Å²) in [5, 5.41) is 24.5. The van der Waals surface area contributed by atoms with Crippen LogP contribution in [0, 0.1) is 5.41 Å². The lowest BCUT2D eigenvalue weighted by Gasteiger charge is -2.15. The van der Waals surface area contributed by atoms with Gasteiger partial charge in [0.25, 0.3) is 5.91 Å². The Labute approximate surface area is 189 Å². The first-order valence-corrected chi connectivity index (χ1v) is 10.0. The summed E-state index contributed by atoms with van der Waals surface area (Å²) in [5.41, 5.74) is 7.05. The van der Waals surface area contributed by atoms with Crippen molar-refractivity contribution in [1.82, 2.24) is 5.32 Å². The third kappa shape index (κ3) is 7.47. The van der Waals surface area contributed by atoms with Gasteiger partial charge in [-0.15, -0.1) is 0 Å². The highest BCUT2D eigenvalue weighted by Gasteiger charge is 2.21. The number of nitrogens with one attached hydrogen (secondary N) is 4. The van der Waals surface area contributed by atoms with Gasteiger partial charge in [0.15, 0.2) is 5.96 Å². The molecule has 1 atom stereocenters. The van der Waals surface area contributed by atoms with Crippen molar-refractivity contribution in [3.05, 3.63) is 58.6 Å². The van der Waals surface area contributed by atoms with Crippen molar-refractivity contribution in [3.8, 4) is 0 Å². The molecule has 170 valence electrons. The summed E-state index contributed by atoms with van der Waals surface area (Å²) < 4.78 is 4.86. The molecule has 0 bridgehead atoms. The number of hydrogen-bond donors (Lipinski definition) is 6. The van der Waals surface area contributed by atoms with Gasteiger partial charge in [-0.2, -0.15) is 0 Å². The molecule has 0 aliphatic carbocycles. The zero-order valence-corrected chi connectivity index (χ0v) is 18.0. The number of rotatable bonds is 9. The van der Waals surface area contributed by atoms with E-state index in [9.17, 15) is 19.5 Å². The quantitative estimate of drug-likeness (QED) is 0.246. The number of benzene rings is 2. The Bertz CT molecular complexity index is 997. The molecule has 0 saturated heterocycles. The monoisotopic (exact) mass is 461 g/mol. The lowest BCUT2D eigenvalue weighted by atomic mass is 10.1. The van der Waals surface area contributed by atoms with Gasteiger partial charge in [0, 0.05) is 17.7 Å². The van der Waals surface area contributed by atoms with E-state index in [4.69, 9.17) is 27.5 Å². The van der Waals surface area contributed by atoms with Gasteiger partial charge in [-0.25, -0.2) is 9.59 Å². The van der Waals surface area contributed by atoms with E-state index < -0.39 is 24.0 Å². The molecule has 2 aromatic carbocycles. The highest BCUT2D eigenvalue weighted by Crippen LogP contribution is 2.23. The van der Waals surface area contributed by atoms with Crippen LogP contribution in [-0.4, -0.2) is 41.7 Å². The first-order chi connectivity index (χ1) is 15.2. The number of ether oxygens (including phenoxy) is 1. The van der Waals surface area contributed by atoms with Crippen LogP contribution in [0.3, 0.4) is 0 Å². The molecule has 0 radical (unpaired) electrons. The molecule has 0 spiro atoms. The molecule has 2 rings (SSSR count). The van der Waals surface area contributed by atoms with E-state index in [1.165, 1.54) is 18.2 Å². The summed E-state index contributed by atoms with van der Waals surface area (Å²) in [7, 11) is 0. The third-order valence-corrected chi connectivity index (χ3v) is 4.51. The second-order valence-corrected chi connectivity index (χ2v) is 7.17. The minimum atomic E-state index is -1.19.